The summed E-state index contributed by atoms with van der Waals surface area (Å²) in [6.07, 6.45) is 3.15. The number of nitrogens with zero attached hydrogens (tertiary/aromatic N) is 4. The summed E-state index contributed by atoms with van der Waals surface area (Å²) in [6, 6.07) is 28.3. The molecular weight excluding hydrogens is 412 g/mol. The average molecular weight is 439 g/mol. The molecule has 0 saturated carbocycles. The Morgan fingerprint density at radius 3 is 2.42 bits per heavy atom. The number of likely N-dealkylation sites (tertiary alicyclic amines) is 1. The first-order chi connectivity index (χ1) is 16.2. The molecule has 3 aromatic carbocycles. The monoisotopic (exact) mass is 438 g/mol. The van der Waals surface area contributed by atoms with Gasteiger partial charge in [-0.1, -0.05) is 78.0 Å². The molecule has 1 aliphatic rings. The number of benzene rings is 3. The van der Waals surface area contributed by atoms with Crippen molar-refractivity contribution in [2.75, 3.05) is 13.1 Å². The number of hydrogen-bond donors (Lipinski definition) is 0. The molecule has 1 aliphatic heterocycles. The topological polar surface area (TPSA) is 60.2 Å². The van der Waals surface area contributed by atoms with Gasteiger partial charge in [0.05, 0.1) is 12.2 Å². The van der Waals surface area contributed by atoms with Gasteiger partial charge in [0, 0.05) is 25.1 Å². The zero-order chi connectivity index (χ0) is 22.5. The highest BCUT2D eigenvalue weighted by Gasteiger charge is 2.32. The quantitative estimate of drug-likeness (QED) is 0.405. The van der Waals surface area contributed by atoms with Gasteiger partial charge in [0.25, 0.3) is 0 Å². The first-order valence-corrected chi connectivity index (χ1v) is 11.3. The minimum Gasteiger partial charge on any atom is -0.489 e. The maximum Gasteiger partial charge on any atom is 0.223 e. The van der Waals surface area contributed by atoms with Crippen molar-refractivity contribution in [3.05, 3.63) is 102 Å². The van der Waals surface area contributed by atoms with Crippen molar-refractivity contribution in [1.29, 1.82) is 0 Å². The Labute approximate surface area is 193 Å². The fourth-order valence-corrected chi connectivity index (χ4v) is 3.96. The Morgan fingerprint density at radius 1 is 0.909 bits per heavy atom. The van der Waals surface area contributed by atoms with Crippen molar-refractivity contribution in [2.45, 2.75) is 25.5 Å². The molecule has 33 heavy (non-hydrogen) atoms. The molecule has 5 rings (SSSR count). The van der Waals surface area contributed by atoms with Crippen LogP contribution < -0.4 is 4.74 Å². The Balaban J connectivity index is 1.09. The molecule has 2 heterocycles. The Morgan fingerprint density at radius 2 is 1.64 bits per heavy atom. The molecule has 0 radical (unpaired) electrons. The Hall–Kier alpha value is -3.93. The number of aromatic nitrogens is 3. The van der Waals surface area contributed by atoms with Crippen molar-refractivity contribution in [3.63, 3.8) is 0 Å². The predicted molar refractivity (Wildman–Crippen MR) is 127 cm³/mol. The van der Waals surface area contributed by atoms with E-state index in [-0.39, 0.29) is 11.9 Å². The smallest absolute Gasteiger partial charge is 0.223 e. The lowest BCUT2D eigenvalue weighted by Crippen LogP contribution is -2.50. The van der Waals surface area contributed by atoms with Crippen LogP contribution in [0.25, 0.3) is 11.3 Å². The van der Waals surface area contributed by atoms with Crippen LogP contribution in [0.2, 0.25) is 0 Å². The van der Waals surface area contributed by atoms with E-state index in [1.807, 2.05) is 101 Å². The molecule has 0 N–H and O–H groups in total. The summed E-state index contributed by atoms with van der Waals surface area (Å²) in [5.74, 6) is 0.999. The van der Waals surface area contributed by atoms with E-state index in [1.54, 1.807) is 0 Å². The van der Waals surface area contributed by atoms with E-state index in [2.05, 4.69) is 10.3 Å². The van der Waals surface area contributed by atoms with Gasteiger partial charge in [-0.15, -0.1) is 5.10 Å². The van der Waals surface area contributed by atoms with Crippen LogP contribution >= 0.6 is 0 Å². The Kier molecular flexibility index (Phi) is 6.15. The number of carbonyl (C=O) groups is 1. The molecule has 1 saturated heterocycles. The number of hydrogen-bond acceptors (Lipinski definition) is 4. The second kappa shape index (κ2) is 9.69. The van der Waals surface area contributed by atoms with Gasteiger partial charge in [0.15, 0.2) is 0 Å². The molecule has 4 aromatic rings. The maximum absolute atomic E-state index is 12.6. The molecule has 1 fully saturated rings. The van der Waals surface area contributed by atoms with Gasteiger partial charge >= 0.3 is 0 Å². The molecule has 1 amide bonds. The number of aryl methyl sites for hydroxylation is 1. The zero-order valence-electron chi connectivity index (χ0n) is 18.4. The fraction of sp³-hybridized carbons (Fsp3) is 0.222. The third kappa shape index (κ3) is 5.12. The summed E-state index contributed by atoms with van der Waals surface area (Å²) in [5, 5.41) is 8.54. The van der Waals surface area contributed by atoms with Crippen LogP contribution in [0.4, 0.5) is 0 Å². The van der Waals surface area contributed by atoms with E-state index in [1.165, 1.54) is 0 Å². The minimum atomic E-state index is 0.172. The van der Waals surface area contributed by atoms with Crippen LogP contribution in [0.5, 0.6) is 5.75 Å². The molecular formula is C27H26N4O2. The van der Waals surface area contributed by atoms with Gasteiger partial charge in [-0.25, -0.2) is 4.68 Å². The molecule has 0 aliphatic carbocycles. The number of amides is 1. The standard InChI is InChI=1S/C27H26N4O2/c32-27(15-14-21-10-7-13-25(16-21)33-20-22-8-3-1-4-9-22)30-17-24(18-30)31-19-26(28-29-31)23-11-5-2-6-12-23/h1-13,16,19,24H,14-15,17-18,20H2. The minimum absolute atomic E-state index is 0.172. The van der Waals surface area contributed by atoms with Crippen LogP contribution in [-0.4, -0.2) is 38.9 Å². The van der Waals surface area contributed by atoms with Crippen LogP contribution in [0.3, 0.4) is 0 Å². The van der Waals surface area contributed by atoms with Crippen LogP contribution in [-0.2, 0) is 17.8 Å². The van der Waals surface area contributed by atoms with Crippen molar-refractivity contribution in [1.82, 2.24) is 19.9 Å². The Bertz CT molecular complexity index is 1200. The lowest BCUT2D eigenvalue weighted by molar-refractivity contribution is -0.137. The van der Waals surface area contributed by atoms with E-state index in [0.29, 0.717) is 32.5 Å². The van der Waals surface area contributed by atoms with Crippen molar-refractivity contribution >= 4 is 5.91 Å². The van der Waals surface area contributed by atoms with Crippen molar-refractivity contribution in [2.24, 2.45) is 0 Å². The lowest BCUT2D eigenvalue weighted by atomic mass is 10.1. The molecule has 0 spiro atoms. The van der Waals surface area contributed by atoms with Gasteiger partial charge in [-0.3, -0.25) is 4.79 Å². The number of ether oxygens (including phenoxy) is 1. The third-order valence-electron chi connectivity index (χ3n) is 5.94. The largest absolute Gasteiger partial charge is 0.489 e. The second-order valence-corrected chi connectivity index (χ2v) is 8.32. The summed E-state index contributed by atoms with van der Waals surface area (Å²) in [6.45, 7) is 1.89. The molecule has 6 heteroatoms. The highest BCUT2D eigenvalue weighted by Crippen LogP contribution is 2.24. The summed E-state index contributed by atoms with van der Waals surface area (Å²) in [5.41, 5.74) is 4.14. The summed E-state index contributed by atoms with van der Waals surface area (Å²) < 4.78 is 7.78. The molecule has 1 aromatic heterocycles. The normalized spacial score (nSPS) is 13.5. The SMILES string of the molecule is O=C(CCc1cccc(OCc2ccccc2)c1)N1CC(n2cc(-c3ccccc3)nn2)C1. The van der Waals surface area contributed by atoms with Gasteiger partial charge in [0.2, 0.25) is 5.91 Å². The van der Waals surface area contributed by atoms with Gasteiger partial charge in [0.1, 0.15) is 18.1 Å². The fourth-order valence-electron chi connectivity index (χ4n) is 3.96. The van der Waals surface area contributed by atoms with E-state index < -0.39 is 0 Å². The third-order valence-corrected chi connectivity index (χ3v) is 5.94. The van der Waals surface area contributed by atoms with E-state index in [9.17, 15) is 4.79 Å². The first-order valence-electron chi connectivity index (χ1n) is 11.3. The van der Waals surface area contributed by atoms with Crippen LogP contribution in [0.1, 0.15) is 23.6 Å². The van der Waals surface area contributed by atoms with Crippen LogP contribution in [0.15, 0.2) is 91.1 Å². The molecule has 0 bridgehead atoms. The summed E-state index contributed by atoms with van der Waals surface area (Å²) >= 11 is 0. The maximum atomic E-state index is 12.6. The van der Waals surface area contributed by atoms with Gasteiger partial charge < -0.3 is 9.64 Å². The van der Waals surface area contributed by atoms with E-state index in [0.717, 1.165) is 28.1 Å². The molecule has 0 atom stereocenters. The number of rotatable bonds is 8. The highest BCUT2D eigenvalue weighted by molar-refractivity contribution is 5.77. The van der Waals surface area contributed by atoms with Gasteiger partial charge in [-0.05, 0) is 29.7 Å². The zero-order valence-corrected chi connectivity index (χ0v) is 18.4. The lowest BCUT2D eigenvalue weighted by Gasteiger charge is -2.39. The average Bonchev–Trinajstić information content (AvgIpc) is 3.32. The molecule has 0 unspecified atom stereocenters. The summed E-state index contributed by atoms with van der Waals surface area (Å²) in [7, 11) is 0. The van der Waals surface area contributed by atoms with E-state index in [4.69, 9.17) is 4.74 Å². The molecule has 166 valence electrons. The van der Waals surface area contributed by atoms with Crippen molar-refractivity contribution in [3.8, 4) is 17.0 Å². The second-order valence-electron chi connectivity index (χ2n) is 8.32. The van der Waals surface area contributed by atoms with Gasteiger partial charge in [-0.2, -0.15) is 0 Å². The van der Waals surface area contributed by atoms with Crippen molar-refractivity contribution < 1.29 is 9.53 Å². The first kappa shape index (κ1) is 20.9. The molecule has 6 nitrogen and oxygen atoms in total. The number of carbonyl (C=O) groups excluding carboxylic acids is 1. The summed E-state index contributed by atoms with van der Waals surface area (Å²) in [4.78, 5) is 14.5. The predicted octanol–water partition coefficient (Wildman–Crippen LogP) is 4.54. The highest BCUT2D eigenvalue weighted by atomic mass is 16.5. The van der Waals surface area contributed by atoms with Crippen LogP contribution in [0, 0.1) is 0 Å². The van der Waals surface area contributed by atoms with E-state index >= 15 is 0 Å².